The summed E-state index contributed by atoms with van der Waals surface area (Å²) in [6.07, 6.45) is 0.787. The Kier molecular flexibility index (Phi) is 5.69. The minimum absolute atomic E-state index is 0.127. The number of hydrogen-bond acceptors (Lipinski definition) is 6. The molecule has 3 aromatic rings. The first kappa shape index (κ1) is 19.7. The highest BCUT2D eigenvalue weighted by atomic mass is 32.1. The van der Waals surface area contributed by atoms with Gasteiger partial charge in [-0.05, 0) is 49.6 Å². The first-order valence-corrected chi connectivity index (χ1v) is 10.8. The van der Waals surface area contributed by atoms with Crippen LogP contribution in [0.25, 0.3) is 10.2 Å². The molecule has 1 aliphatic heterocycles. The number of aromatic nitrogens is 1. The van der Waals surface area contributed by atoms with Crippen molar-refractivity contribution in [2.24, 2.45) is 0 Å². The third-order valence-electron chi connectivity index (χ3n) is 5.49. The molecule has 1 saturated heterocycles. The van der Waals surface area contributed by atoms with Crippen LogP contribution in [0, 0.1) is 13.8 Å². The fourth-order valence-corrected chi connectivity index (χ4v) is 4.63. The molecule has 1 aromatic carbocycles. The quantitative estimate of drug-likeness (QED) is 0.604. The molecule has 2 aromatic heterocycles. The number of carbonyl (C=O) groups is 1. The summed E-state index contributed by atoms with van der Waals surface area (Å²) in [7, 11) is 0. The van der Waals surface area contributed by atoms with Gasteiger partial charge in [-0.1, -0.05) is 12.1 Å². The highest BCUT2D eigenvalue weighted by Crippen LogP contribution is 2.33. The van der Waals surface area contributed by atoms with Gasteiger partial charge in [-0.3, -0.25) is 4.79 Å². The van der Waals surface area contributed by atoms with E-state index >= 15 is 0 Å². The number of anilines is 2. The van der Waals surface area contributed by atoms with Crippen molar-refractivity contribution in [1.82, 2.24) is 15.6 Å². The lowest BCUT2D eigenvalue weighted by molar-refractivity contribution is 0.0959. The number of amides is 1. The molecule has 0 aliphatic carbocycles. The summed E-state index contributed by atoms with van der Waals surface area (Å²) < 4.78 is 0. The molecule has 0 spiro atoms. The van der Waals surface area contributed by atoms with Crippen LogP contribution >= 0.6 is 11.3 Å². The molecule has 0 radical (unpaired) electrons. The van der Waals surface area contributed by atoms with E-state index in [2.05, 4.69) is 44.8 Å². The first-order valence-electron chi connectivity index (χ1n) is 10.0. The van der Waals surface area contributed by atoms with Gasteiger partial charge in [0.15, 0.2) is 0 Å². The monoisotopic (exact) mass is 409 g/mol. The Morgan fingerprint density at radius 1 is 1.24 bits per heavy atom. The van der Waals surface area contributed by atoms with Gasteiger partial charge in [0.05, 0.1) is 5.69 Å². The van der Waals surface area contributed by atoms with Gasteiger partial charge in [0.1, 0.15) is 9.71 Å². The topological polar surface area (TPSA) is 83.3 Å². The zero-order valence-corrected chi connectivity index (χ0v) is 17.7. The second-order valence-electron chi connectivity index (χ2n) is 7.50. The Hall–Kier alpha value is -2.64. The van der Waals surface area contributed by atoms with Crippen molar-refractivity contribution in [2.45, 2.75) is 20.3 Å². The molecule has 0 saturated carbocycles. The van der Waals surface area contributed by atoms with Crippen LogP contribution in [0.15, 0.2) is 30.3 Å². The molecular weight excluding hydrogens is 382 g/mol. The number of hydrogen-bond donors (Lipinski definition) is 3. The lowest BCUT2D eigenvalue weighted by Gasteiger charge is -2.29. The van der Waals surface area contributed by atoms with Gasteiger partial charge in [-0.25, -0.2) is 4.98 Å². The Balaban J connectivity index is 1.36. The normalized spacial score (nSPS) is 14.3. The standard InChI is InChI=1S/C22H27N5OS/c1-14-13-18-19(23)20(29-22(18)26-15(14)2)21(28)25-8-7-16-3-5-17(6-4-16)27-11-9-24-10-12-27/h3-6,13,24H,7-12,23H2,1-2H3,(H,25,28). The minimum Gasteiger partial charge on any atom is -0.397 e. The molecule has 152 valence electrons. The Morgan fingerprint density at radius 2 is 1.97 bits per heavy atom. The van der Waals surface area contributed by atoms with E-state index < -0.39 is 0 Å². The number of nitrogens with two attached hydrogens (primary N) is 1. The van der Waals surface area contributed by atoms with E-state index in [0.29, 0.717) is 17.1 Å². The number of rotatable bonds is 5. The molecule has 0 unspecified atom stereocenters. The van der Waals surface area contributed by atoms with Crippen molar-refractivity contribution < 1.29 is 4.79 Å². The number of benzene rings is 1. The predicted octanol–water partition coefficient (Wildman–Crippen LogP) is 2.88. The molecular formula is C22H27N5OS. The van der Waals surface area contributed by atoms with Crippen molar-refractivity contribution in [3.8, 4) is 0 Å². The molecule has 0 bridgehead atoms. The smallest absolute Gasteiger partial charge is 0.263 e. The molecule has 29 heavy (non-hydrogen) atoms. The van der Waals surface area contributed by atoms with Gasteiger partial charge in [-0.2, -0.15) is 0 Å². The maximum absolute atomic E-state index is 12.6. The second kappa shape index (κ2) is 8.39. The van der Waals surface area contributed by atoms with Gasteiger partial charge < -0.3 is 21.3 Å². The van der Waals surface area contributed by atoms with Crippen LogP contribution in [0.3, 0.4) is 0 Å². The lowest BCUT2D eigenvalue weighted by atomic mass is 10.1. The maximum atomic E-state index is 12.6. The third kappa shape index (κ3) is 4.21. The van der Waals surface area contributed by atoms with E-state index in [-0.39, 0.29) is 5.91 Å². The number of aryl methyl sites for hydroxylation is 2. The number of pyridine rings is 1. The predicted molar refractivity (Wildman–Crippen MR) is 121 cm³/mol. The Morgan fingerprint density at radius 3 is 2.69 bits per heavy atom. The Bertz CT molecular complexity index is 1020. The molecule has 1 amide bonds. The highest BCUT2D eigenvalue weighted by molar-refractivity contribution is 7.21. The zero-order chi connectivity index (χ0) is 20.4. The average molecular weight is 410 g/mol. The van der Waals surface area contributed by atoms with E-state index in [1.54, 1.807) is 0 Å². The summed E-state index contributed by atoms with van der Waals surface area (Å²) in [5, 5.41) is 7.24. The number of piperazine rings is 1. The number of nitrogens with zero attached hydrogens (tertiary/aromatic N) is 2. The molecule has 1 aliphatic rings. The molecule has 4 rings (SSSR count). The van der Waals surface area contributed by atoms with Crippen LogP contribution in [-0.2, 0) is 6.42 Å². The van der Waals surface area contributed by atoms with E-state index in [1.165, 1.54) is 22.6 Å². The molecule has 4 N–H and O–H groups in total. The average Bonchev–Trinajstić information content (AvgIpc) is 3.05. The van der Waals surface area contributed by atoms with Gasteiger partial charge in [0, 0.05) is 49.5 Å². The van der Waals surface area contributed by atoms with E-state index in [1.807, 2.05) is 19.9 Å². The largest absolute Gasteiger partial charge is 0.397 e. The maximum Gasteiger partial charge on any atom is 0.263 e. The summed E-state index contributed by atoms with van der Waals surface area (Å²) in [4.78, 5) is 21.0. The van der Waals surface area contributed by atoms with Gasteiger partial charge >= 0.3 is 0 Å². The van der Waals surface area contributed by atoms with Crippen molar-refractivity contribution in [2.75, 3.05) is 43.4 Å². The number of carbonyl (C=O) groups excluding carboxylic acids is 1. The van der Waals surface area contributed by atoms with Crippen LogP contribution in [0.4, 0.5) is 11.4 Å². The van der Waals surface area contributed by atoms with Gasteiger partial charge in [0.2, 0.25) is 0 Å². The van der Waals surface area contributed by atoms with E-state index in [4.69, 9.17) is 5.73 Å². The number of fused-ring (bicyclic) bond motifs is 1. The van der Waals surface area contributed by atoms with Crippen molar-refractivity contribution in [1.29, 1.82) is 0 Å². The van der Waals surface area contributed by atoms with Crippen molar-refractivity contribution in [3.63, 3.8) is 0 Å². The molecule has 7 heteroatoms. The molecule has 1 fully saturated rings. The number of nitrogens with one attached hydrogen (secondary N) is 2. The van der Waals surface area contributed by atoms with Crippen LogP contribution in [0.1, 0.15) is 26.5 Å². The highest BCUT2D eigenvalue weighted by Gasteiger charge is 2.17. The molecule has 0 atom stereocenters. The van der Waals surface area contributed by atoms with Crippen LogP contribution in [0.5, 0.6) is 0 Å². The van der Waals surface area contributed by atoms with Crippen LogP contribution in [-0.4, -0.2) is 43.6 Å². The number of thiophene rings is 1. The summed E-state index contributed by atoms with van der Waals surface area (Å²) in [6, 6.07) is 10.6. The summed E-state index contributed by atoms with van der Waals surface area (Å²) in [5.74, 6) is -0.127. The molecule has 3 heterocycles. The fraction of sp³-hybridized carbons (Fsp3) is 0.364. The van der Waals surface area contributed by atoms with Gasteiger partial charge in [-0.15, -0.1) is 11.3 Å². The lowest BCUT2D eigenvalue weighted by Crippen LogP contribution is -2.43. The van der Waals surface area contributed by atoms with E-state index in [0.717, 1.165) is 54.1 Å². The SMILES string of the molecule is Cc1cc2c(N)c(C(=O)NCCc3ccc(N4CCNCC4)cc3)sc2nc1C. The van der Waals surface area contributed by atoms with Crippen LogP contribution < -0.4 is 21.3 Å². The second-order valence-corrected chi connectivity index (χ2v) is 8.50. The minimum atomic E-state index is -0.127. The Labute approximate surface area is 175 Å². The summed E-state index contributed by atoms with van der Waals surface area (Å²) >= 11 is 1.36. The van der Waals surface area contributed by atoms with Crippen molar-refractivity contribution in [3.05, 3.63) is 52.0 Å². The summed E-state index contributed by atoms with van der Waals surface area (Å²) in [6.45, 7) is 8.70. The first-order chi connectivity index (χ1) is 14.0. The van der Waals surface area contributed by atoms with E-state index in [9.17, 15) is 4.79 Å². The van der Waals surface area contributed by atoms with Crippen LogP contribution in [0.2, 0.25) is 0 Å². The zero-order valence-electron chi connectivity index (χ0n) is 16.9. The third-order valence-corrected chi connectivity index (χ3v) is 6.60. The van der Waals surface area contributed by atoms with Crippen molar-refractivity contribution >= 4 is 38.8 Å². The number of nitrogen functional groups attached to an aromatic ring is 1. The fourth-order valence-electron chi connectivity index (χ4n) is 3.59. The van der Waals surface area contributed by atoms with Gasteiger partial charge in [0.25, 0.3) is 5.91 Å². The molecule has 6 nitrogen and oxygen atoms in total. The summed E-state index contributed by atoms with van der Waals surface area (Å²) in [5.41, 5.74) is 11.3.